The molecule has 2 heterocycles. The van der Waals surface area contributed by atoms with E-state index in [0.717, 1.165) is 23.5 Å². The summed E-state index contributed by atoms with van der Waals surface area (Å²) in [6, 6.07) is 8.42. The number of amides is 1. The molecule has 1 aromatic heterocycles. The van der Waals surface area contributed by atoms with Gasteiger partial charge in [0.15, 0.2) is 5.13 Å². The molecule has 3 aromatic rings. The lowest BCUT2D eigenvalue weighted by atomic mass is 10.1. The van der Waals surface area contributed by atoms with Crippen LogP contribution >= 0.6 is 22.9 Å². The van der Waals surface area contributed by atoms with E-state index < -0.39 is 17.6 Å². The number of hydrogen-bond donors (Lipinski definition) is 1. The second-order valence-corrected chi connectivity index (χ2v) is 8.51. The molecule has 0 unspecified atom stereocenters. The van der Waals surface area contributed by atoms with E-state index in [0.29, 0.717) is 38.2 Å². The number of nitrogens with one attached hydrogen (secondary N) is 1. The monoisotopic (exact) mass is 492 g/mol. The number of alkyl halides is 3. The fraction of sp³-hybridized carbons (Fsp3) is 0.130. The molecular formula is C23H16ClF3N2O3S. The molecule has 1 N–H and O–H groups in total. The molecule has 1 aliphatic rings. The van der Waals surface area contributed by atoms with E-state index in [1.165, 1.54) is 24.6 Å². The Labute approximate surface area is 196 Å². The standard InChI is InChI=1S/C23H16ClF3N2O3S/c1-31-17-3-5-20-15(10-17)8-13(6-7-32-20)21(30)29-22-28-12-18(33-22)11-14-9-16(23(25,26)27)2-4-19(14)24/h2-10,12H,11H2,1H3,(H,28,29,30). The third-order valence-corrected chi connectivity index (χ3v) is 6.03. The number of thiazole rings is 1. The Morgan fingerprint density at radius 1 is 1.24 bits per heavy atom. The lowest BCUT2D eigenvalue weighted by molar-refractivity contribution is -0.137. The van der Waals surface area contributed by atoms with Crippen molar-refractivity contribution in [1.82, 2.24) is 4.98 Å². The average Bonchev–Trinajstić information content (AvgIpc) is 3.09. The summed E-state index contributed by atoms with van der Waals surface area (Å²) < 4.78 is 49.7. The lowest BCUT2D eigenvalue weighted by Gasteiger charge is -2.09. The maximum Gasteiger partial charge on any atom is 0.416 e. The van der Waals surface area contributed by atoms with E-state index in [1.807, 2.05) is 0 Å². The summed E-state index contributed by atoms with van der Waals surface area (Å²) in [5, 5.41) is 3.24. The molecule has 0 bridgehead atoms. The van der Waals surface area contributed by atoms with Gasteiger partial charge in [-0.05, 0) is 54.1 Å². The maximum atomic E-state index is 13.0. The number of ether oxygens (including phenoxy) is 2. The molecule has 0 aliphatic carbocycles. The van der Waals surface area contributed by atoms with Crippen molar-refractivity contribution >= 4 is 40.1 Å². The Morgan fingerprint density at radius 2 is 2.06 bits per heavy atom. The van der Waals surface area contributed by atoms with Crippen LogP contribution in [-0.4, -0.2) is 18.0 Å². The third kappa shape index (κ3) is 5.37. The first-order valence-corrected chi connectivity index (χ1v) is 10.8. The van der Waals surface area contributed by atoms with Crippen molar-refractivity contribution in [3.63, 3.8) is 0 Å². The smallest absolute Gasteiger partial charge is 0.416 e. The lowest BCUT2D eigenvalue weighted by Crippen LogP contribution is -2.12. The fourth-order valence-electron chi connectivity index (χ4n) is 3.10. The SMILES string of the molecule is COc1ccc2c(c1)C=C(C(=O)Nc1ncc(Cc3cc(C(F)(F)F)ccc3Cl)s1)C=CO2. The first kappa shape index (κ1) is 22.9. The summed E-state index contributed by atoms with van der Waals surface area (Å²) in [6.45, 7) is 0. The molecule has 0 fully saturated rings. The summed E-state index contributed by atoms with van der Waals surface area (Å²) in [5.41, 5.74) is 0.555. The van der Waals surface area contributed by atoms with Crippen LogP contribution in [0, 0.1) is 0 Å². The van der Waals surface area contributed by atoms with E-state index in [2.05, 4.69) is 10.3 Å². The van der Waals surface area contributed by atoms with Gasteiger partial charge in [0.2, 0.25) is 0 Å². The summed E-state index contributed by atoms with van der Waals surface area (Å²) in [7, 11) is 1.54. The van der Waals surface area contributed by atoms with E-state index in [1.54, 1.807) is 31.4 Å². The van der Waals surface area contributed by atoms with Gasteiger partial charge < -0.3 is 9.47 Å². The maximum absolute atomic E-state index is 13.0. The van der Waals surface area contributed by atoms with Crippen LogP contribution in [0.2, 0.25) is 5.02 Å². The van der Waals surface area contributed by atoms with Crippen LogP contribution in [0.25, 0.3) is 6.08 Å². The average molecular weight is 493 g/mol. The first-order chi connectivity index (χ1) is 15.7. The highest BCUT2D eigenvalue weighted by atomic mass is 35.5. The Kier molecular flexibility index (Phi) is 6.44. The fourth-order valence-corrected chi connectivity index (χ4v) is 4.12. The van der Waals surface area contributed by atoms with Gasteiger partial charge in [0, 0.05) is 33.7 Å². The minimum atomic E-state index is -4.46. The van der Waals surface area contributed by atoms with Crippen LogP contribution in [-0.2, 0) is 17.4 Å². The molecule has 0 spiro atoms. The number of nitrogens with zero attached hydrogens (tertiary/aromatic N) is 1. The second-order valence-electron chi connectivity index (χ2n) is 6.99. The number of methoxy groups -OCH3 is 1. The van der Waals surface area contributed by atoms with Gasteiger partial charge >= 0.3 is 6.18 Å². The number of benzene rings is 2. The molecule has 2 aromatic carbocycles. The van der Waals surface area contributed by atoms with Crippen LogP contribution in [0.3, 0.4) is 0 Å². The van der Waals surface area contributed by atoms with Crippen LogP contribution < -0.4 is 14.8 Å². The van der Waals surface area contributed by atoms with Gasteiger partial charge in [0.05, 0.1) is 18.9 Å². The molecule has 1 aliphatic heterocycles. The van der Waals surface area contributed by atoms with Crippen molar-refractivity contribution in [1.29, 1.82) is 0 Å². The summed E-state index contributed by atoms with van der Waals surface area (Å²) in [5.74, 6) is 0.779. The van der Waals surface area contributed by atoms with E-state index in [4.69, 9.17) is 21.1 Å². The van der Waals surface area contributed by atoms with E-state index >= 15 is 0 Å². The highest BCUT2D eigenvalue weighted by Gasteiger charge is 2.31. The zero-order chi connectivity index (χ0) is 23.6. The van der Waals surface area contributed by atoms with Crippen LogP contribution in [0.4, 0.5) is 18.3 Å². The summed E-state index contributed by atoms with van der Waals surface area (Å²) in [6.07, 6.45) is 1.79. The molecule has 0 saturated carbocycles. The van der Waals surface area contributed by atoms with Gasteiger partial charge in [0.25, 0.3) is 5.91 Å². The van der Waals surface area contributed by atoms with Crippen molar-refractivity contribution in [3.05, 3.63) is 87.1 Å². The second kappa shape index (κ2) is 9.29. The third-order valence-electron chi connectivity index (χ3n) is 4.74. The number of fused-ring (bicyclic) bond motifs is 1. The van der Waals surface area contributed by atoms with Gasteiger partial charge in [0.1, 0.15) is 11.5 Å². The van der Waals surface area contributed by atoms with Gasteiger partial charge in [-0.1, -0.05) is 11.6 Å². The highest BCUT2D eigenvalue weighted by Crippen LogP contribution is 2.34. The van der Waals surface area contributed by atoms with E-state index in [-0.39, 0.29) is 11.4 Å². The molecule has 170 valence electrons. The Hall–Kier alpha value is -3.30. The van der Waals surface area contributed by atoms with Crippen molar-refractivity contribution in [2.75, 3.05) is 12.4 Å². The van der Waals surface area contributed by atoms with E-state index in [9.17, 15) is 18.0 Å². The molecule has 33 heavy (non-hydrogen) atoms. The van der Waals surface area contributed by atoms with Crippen molar-refractivity contribution in [3.8, 4) is 11.5 Å². The minimum Gasteiger partial charge on any atom is -0.497 e. The zero-order valence-corrected chi connectivity index (χ0v) is 18.6. The zero-order valence-electron chi connectivity index (χ0n) is 17.1. The number of aromatic nitrogens is 1. The molecule has 5 nitrogen and oxygen atoms in total. The molecular weight excluding hydrogens is 477 g/mol. The molecule has 0 radical (unpaired) electrons. The normalized spacial score (nSPS) is 12.9. The quantitative estimate of drug-likeness (QED) is 0.451. The summed E-state index contributed by atoms with van der Waals surface area (Å²) >= 11 is 7.23. The number of rotatable bonds is 5. The number of hydrogen-bond acceptors (Lipinski definition) is 5. The molecule has 0 saturated heterocycles. The van der Waals surface area contributed by atoms with Crippen molar-refractivity contribution in [2.24, 2.45) is 0 Å². The Balaban J connectivity index is 1.50. The van der Waals surface area contributed by atoms with Gasteiger partial charge in [-0.25, -0.2) is 4.98 Å². The van der Waals surface area contributed by atoms with Gasteiger partial charge in [-0.15, -0.1) is 11.3 Å². The number of carbonyl (C=O) groups excluding carboxylic acids is 1. The highest BCUT2D eigenvalue weighted by molar-refractivity contribution is 7.15. The topological polar surface area (TPSA) is 60.5 Å². The first-order valence-electron chi connectivity index (χ1n) is 9.57. The predicted octanol–water partition coefficient (Wildman–Crippen LogP) is 6.34. The molecule has 1 amide bonds. The summed E-state index contributed by atoms with van der Waals surface area (Å²) in [4.78, 5) is 17.6. The molecule has 4 rings (SSSR count). The molecule has 0 atom stereocenters. The van der Waals surface area contributed by atoms with Gasteiger partial charge in [-0.3, -0.25) is 10.1 Å². The minimum absolute atomic E-state index is 0.153. The number of halogens is 4. The van der Waals surface area contributed by atoms with Crippen LogP contribution in [0.1, 0.15) is 21.6 Å². The van der Waals surface area contributed by atoms with Crippen LogP contribution in [0.5, 0.6) is 11.5 Å². The Morgan fingerprint density at radius 3 is 2.82 bits per heavy atom. The predicted molar refractivity (Wildman–Crippen MR) is 121 cm³/mol. The largest absolute Gasteiger partial charge is 0.497 e. The Bertz CT molecular complexity index is 1270. The van der Waals surface area contributed by atoms with Crippen LogP contribution in [0.15, 0.2) is 60.5 Å². The van der Waals surface area contributed by atoms with Crippen molar-refractivity contribution in [2.45, 2.75) is 12.6 Å². The van der Waals surface area contributed by atoms with Gasteiger partial charge in [-0.2, -0.15) is 13.2 Å². The molecule has 10 heteroatoms. The number of carbonyl (C=O) groups is 1. The number of anilines is 1. The van der Waals surface area contributed by atoms with Crippen molar-refractivity contribution < 1.29 is 27.4 Å².